The Hall–Kier alpha value is -3.43. The van der Waals surface area contributed by atoms with Crippen molar-refractivity contribution in [1.82, 2.24) is 14.9 Å². The highest BCUT2D eigenvalue weighted by molar-refractivity contribution is 5.89. The van der Waals surface area contributed by atoms with E-state index in [0.717, 1.165) is 12.1 Å². The van der Waals surface area contributed by atoms with Gasteiger partial charge < -0.3 is 20.5 Å². The molecule has 1 fully saturated rings. The van der Waals surface area contributed by atoms with Crippen LogP contribution in [0.1, 0.15) is 23.6 Å². The van der Waals surface area contributed by atoms with Crippen LogP contribution in [0.2, 0.25) is 0 Å². The third-order valence-corrected chi connectivity index (χ3v) is 5.16. The molecule has 1 saturated heterocycles. The molecule has 1 aliphatic rings. The van der Waals surface area contributed by atoms with Crippen LogP contribution in [0.15, 0.2) is 24.3 Å². The predicted octanol–water partition coefficient (Wildman–Crippen LogP) is 2.27. The molecular formula is C22H25F3N6O3. The zero-order chi connectivity index (χ0) is 24.7. The molecule has 34 heavy (non-hydrogen) atoms. The van der Waals surface area contributed by atoms with E-state index in [0.29, 0.717) is 26.3 Å². The van der Waals surface area contributed by atoms with Crippen molar-refractivity contribution in [2.24, 2.45) is 0 Å². The number of aromatic nitrogens is 2. The summed E-state index contributed by atoms with van der Waals surface area (Å²) >= 11 is 0. The van der Waals surface area contributed by atoms with Gasteiger partial charge in [-0.1, -0.05) is 18.2 Å². The van der Waals surface area contributed by atoms with Gasteiger partial charge in [-0.2, -0.15) is 28.4 Å². The molecule has 0 amide bonds. The van der Waals surface area contributed by atoms with Crippen LogP contribution in [0.5, 0.6) is 5.88 Å². The number of carbonyl (C=O) groups is 1. The normalized spacial score (nSPS) is 15.4. The zero-order valence-corrected chi connectivity index (χ0v) is 18.6. The second kappa shape index (κ2) is 11.1. The topological polar surface area (TPSA) is 126 Å². The van der Waals surface area contributed by atoms with E-state index < -0.39 is 17.8 Å². The molecule has 3 rings (SSSR count). The van der Waals surface area contributed by atoms with E-state index in [2.05, 4.69) is 15.3 Å². The number of morpholine rings is 1. The number of benzene rings is 1. The lowest BCUT2D eigenvalue weighted by Crippen LogP contribution is -2.47. The van der Waals surface area contributed by atoms with Crippen LogP contribution in [0.25, 0.3) is 0 Å². The molecule has 1 atom stereocenters. The van der Waals surface area contributed by atoms with E-state index in [9.17, 15) is 23.2 Å². The fourth-order valence-corrected chi connectivity index (χ4v) is 3.52. The summed E-state index contributed by atoms with van der Waals surface area (Å²) in [6.07, 6.45) is -4.76. The average molecular weight is 478 g/mol. The van der Waals surface area contributed by atoms with Crippen LogP contribution >= 0.6 is 0 Å². The second-order valence-electron chi connectivity index (χ2n) is 7.61. The molecule has 2 aromatic rings. The van der Waals surface area contributed by atoms with Crippen molar-refractivity contribution in [1.29, 1.82) is 5.26 Å². The van der Waals surface area contributed by atoms with E-state index in [4.69, 9.17) is 15.2 Å². The first-order chi connectivity index (χ1) is 16.2. The average Bonchev–Trinajstić information content (AvgIpc) is 2.79. The lowest BCUT2D eigenvalue weighted by atomic mass is 10.0. The number of nitrogens with two attached hydrogens (primary N) is 1. The first kappa shape index (κ1) is 25.2. The highest BCUT2D eigenvalue weighted by Crippen LogP contribution is 2.30. The molecular weight excluding hydrogens is 453 g/mol. The number of ether oxygens (including phenoxy) is 2. The SMILES string of the molecule is CCOc1nc(N)nc(N[C@@H](CN2CCOCC2)C(=O)Cc2cccc(C(F)(F)F)c2)c1C#N. The Balaban J connectivity index is 1.89. The van der Waals surface area contributed by atoms with E-state index in [1.54, 1.807) is 6.92 Å². The molecule has 3 N–H and O–H groups in total. The molecule has 9 nitrogen and oxygen atoms in total. The quantitative estimate of drug-likeness (QED) is 0.558. The van der Waals surface area contributed by atoms with Gasteiger partial charge in [-0.15, -0.1) is 0 Å². The van der Waals surface area contributed by atoms with Crippen molar-refractivity contribution >= 4 is 17.5 Å². The molecule has 0 saturated carbocycles. The maximum atomic E-state index is 13.3. The molecule has 1 aromatic heterocycles. The molecule has 0 aliphatic carbocycles. The molecule has 12 heteroatoms. The van der Waals surface area contributed by atoms with Gasteiger partial charge in [-0.3, -0.25) is 9.69 Å². The summed E-state index contributed by atoms with van der Waals surface area (Å²) in [5.41, 5.74) is 5.14. The minimum atomic E-state index is -4.51. The number of nitriles is 1. The van der Waals surface area contributed by atoms with Gasteiger partial charge in [0.05, 0.1) is 31.4 Å². The highest BCUT2D eigenvalue weighted by atomic mass is 19.4. The fraction of sp³-hybridized carbons (Fsp3) is 0.455. The number of hydrogen-bond acceptors (Lipinski definition) is 9. The summed E-state index contributed by atoms with van der Waals surface area (Å²) in [6.45, 7) is 4.33. The molecule has 0 unspecified atom stereocenters. The van der Waals surface area contributed by atoms with Crippen LogP contribution in [-0.2, 0) is 22.1 Å². The Morgan fingerprint density at radius 1 is 1.35 bits per heavy atom. The summed E-state index contributed by atoms with van der Waals surface area (Å²) in [6, 6.07) is 5.72. The van der Waals surface area contributed by atoms with Crippen LogP contribution in [0.3, 0.4) is 0 Å². The molecule has 182 valence electrons. The molecule has 1 aliphatic heterocycles. The smallest absolute Gasteiger partial charge is 0.416 e. The van der Waals surface area contributed by atoms with Crippen LogP contribution < -0.4 is 15.8 Å². The van der Waals surface area contributed by atoms with Gasteiger partial charge in [0.15, 0.2) is 17.2 Å². The van der Waals surface area contributed by atoms with Gasteiger partial charge in [0.25, 0.3) is 0 Å². The fourth-order valence-electron chi connectivity index (χ4n) is 3.52. The Morgan fingerprint density at radius 3 is 2.74 bits per heavy atom. The van der Waals surface area contributed by atoms with Gasteiger partial charge >= 0.3 is 6.18 Å². The minimum Gasteiger partial charge on any atom is -0.477 e. The molecule has 1 aromatic carbocycles. The third-order valence-electron chi connectivity index (χ3n) is 5.16. The number of alkyl halides is 3. The number of Topliss-reactive ketones (excluding diaryl/α,β-unsaturated/α-hetero) is 1. The van der Waals surface area contributed by atoms with Crippen molar-refractivity contribution in [2.75, 3.05) is 50.5 Å². The largest absolute Gasteiger partial charge is 0.477 e. The number of ketones is 1. The van der Waals surface area contributed by atoms with E-state index >= 15 is 0 Å². The van der Waals surface area contributed by atoms with E-state index in [1.165, 1.54) is 12.1 Å². The van der Waals surface area contributed by atoms with Crippen molar-refractivity contribution in [3.05, 3.63) is 41.0 Å². The van der Waals surface area contributed by atoms with Crippen LogP contribution in [0.4, 0.5) is 24.9 Å². The summed E-state index contributed by atoms with van der Waals surface area (Å²) in [4.78, 5) is 23.2. The van der Waals surface area contributed by atoms with Gasteiger partial charge in [0, 0.05) is 26.1 Å². The lowest BCUT2D eigenvalue weighted by Gasteiger charge is -2.30. The number of hydrogen-bond donors (Lipinski definition) is 2. The summed E-state index contributed by atoms with van der Waals surface area (Å²) < 4.78 is 50.0. The zero-order valence-electron chi connectivity index (χ0n) is 18.6. The Labute approximate surface area is 194 Å². The summed E-state index contributed by atoms with van der Waals surface area (Å²) in [5, 5.41) is 12.6. The van der Waals surface area contributed by atoms with Crippen molar-refractivity contribution < 1.29 is 27.4 Å². The van der Waals surface area contributed by atoms with Crippen molar-refractivity contribution in [3.63, 3.8) is 0 Å². The molecule has 0 spiro atoms. The minimum absolute atomic E-state index is 0.0181. The predicted molar refractivity (Wildman–Crippen MR) is 117 cm³/mol. The molecule has 0 bridgehead atoms. The maximum absolute atomic E-state index is 13.3. The van der Waals surface area contributed by atoms with Gasteiger partial charge in [0.1, 0.15) is 6.07 Å². The first-order valence-corrected chi connectivity index (χ1v) is 10.7. The summed E-state index contributed by atoms with van der Waals surface area (Å²) in [7, 11) is 0. The summed E-state index contributed by atoms with van der Waals surface area (Å²) in [5.74, 6) is -0.519. The number of carbonyl (C=O) groups excluding carboxylic acids is 1. The van der Waals surface area contributed by atoms with E-state index in [1.807, 2.05) is 11.0 Å². The van der Waals surface area contributed by atoms with Crippen molar-refractivity contribution in [3.8, 4) is 11.9 Å². The number of nitrogen functional groups attached to an aromatic ring is 1. The third kappa shape index (κ3) is 6.55. The second-order valence-corrected chi connectivity index (χ2v) is 7.61. The van der Waals surface area contributed by atoms with Gasteiger partial charge in [-0.05, 0) is 18.6 Å². The maximum Gasteiger partial charge on any atom is 0.416 e. The monoisotopic (exact) mass is 478 g/mol. The van der Waals surface area contributed by atoms with E-state index in [-0.39, 0.29) is 54.1 Å². The van der Waals surface area contributed by atoms with Gasteiger partial charge in [0.2, 0.25) is 11.8 Å². The number of halogens is 3. The molecule has 0 radical (unpaired) electrons. The number of nitrogens with zero attached hydrogens (tertiary/aromatic N) is 4. The number of rotatable bonds is 9. The number of nitrogens with one attached hydrogen (secondary N) is 1. The first-order valence-electron chi connectivity index (χ1n) is 10.7. The molecule has 2 heterocycles. The Bertz CT molecular complexity index is 1050. The highest BCUT2D eigenvalue weighted by Gasteiger charge is 2.31. The van der Waals surface area contributed by atoms with Crippen LogP contribution in [0, 0.1) is 11.3 Å². The van der Waals surface area contributed by atoms with Crippen molar-refractivity contribution in [2.45, 2.75) is 25.6 Å². The van der Waals surface area contributed by atoms with Crippen LogP contribution in [-0.4, -0.2) is 66.1 Å². The number of anilines is 2. The lowest BCUT2D eigenvalue weighted by molar-refractivity contribution is -0.137. The Kier molecular flexibility index (Phi) is 8.25. The van der Waals surface area contributed by atoms with Gasteiger partial charge in [-0.25, -0.2) is 0 Å². The standard InChI is InChI=1S/C22H25F3N6O3/c1-2-34-20-16(12-26)19(29-21(27)30-20)28-17(13-31-6-8-33-9-7-31)18(32)11-14-4-3-5-15(10-14)22(23,24)25/h3-5,10,17H,2,6-9,11,13H2,1H3,(H3,27,28,29,30)/t17-/m0/s1. The Morgan fingerprint density at radius 2 is 2.09 bits per heavy atom.